The van der Waals surface area contributed by atoms with Gasteiger partial charge in [-0.1, -0.05) is 37.1 Å². The molecule has 0 amide bonds. The van der Waals surface area contributed by atoms with Gasteiger partial charge >= 0.3 is 0 Å². The van der Waals surface area contributed by atoms with E-state index in [1.807, 2.05) is 0 Å². The minimum atomic E-state index is 0.869. The number of rotatable bonds is 2. The molecule has 2 aromatic rings. The molecule has 0 bridgehead atoms. The fraction of sp³-hybridized carbons (Fsp3) is 0.444. The second-order valence-electron chi connectivity index (χ2n) is 6.31. The van der Waals surface area contributed by atoms with Gasteiger partial charge < -0.3 is 5.32 Å². The Hall–Kier alpha value is -1.59. The zero-order valence-electron chi connectivity index (χ0n) is 13.3. The summed E-state index contributed by atoms with van der Waals surface area (Å²) in [7, 11) is 0. The van der Waals surface area contributed by atoms with E-state index in [-0.39, 0.29) is 0 Å². The van der Waals surface area contributed by atoms with E-state index >= 15 is 0 Å². The van der Waals surface area contributed by atoms with Gasteiger partial charge in [-0.2, -0.15) is 0 Å². The van der Waals surface area contributed by atoms with Gasteiger partial charge in [-0.15, -0.1) is 0 Å². The van der Waals surface area contributed by atoms with E-state index in [0.717, 1.165) is 23.1 Å². The Bertz CT molecular complexity index is 680. The Morgan fingerprint density at radius 3 is 2.65 bits per heavy atom. The van der Waals surface area contributed by atoms with Gasteiger partial charge in [0.25, 0.3) is 0 Å². The van der Waals surface area contributed by atoms with Crippen LogP contribution in [0.1, 0.15) is 37.7 Å². The van der Waals surface area contributed by atoms with E-state index in [1.165, 1.54) is 55.7 Å². The summed E-state index contributed by atoms with van der Waals surface area (Å²) in [5.74, 6) is 0.869. The average molecular weight is 326 g/mol. The van der Waals surface area contributed by atoms with Crippen molar-refractivity contribution in [2.75, 3.05) is 18.4 Å². The molecule has 0 spiro atoms. The third kappa shape index (κ3) is 3.51. The second-order valence-corrected chi connectivity index (χ2v) is 7.34. The Morgan fingerprint density at radius 2 is 1.78 bits per heavy atom. The highest BCUT2D eigenvalue weighted by atomic mass is 32.2. The van der Waals surface area contributed by atoms with Gasteiger partial charge in [-0.05, 0) is 43.6 Å². The van der Waals surface area contributed by atoms with Crippen molar-refractivity contribution in [2.24, 2.45) is 0 Å². The van der Waals surface area contributed by atoms with Crippen molar-refractivity contribution >= 4 is 23.3 Å². The van der Waals surface area contributed by atoms with Crippen LogP contribution in [0.25, 0.3) is 0 Å². The molecule has 1 N–H and O–H groups in total. The fourth-order valence-corrected chi connectivity index (χ4v) is 4.19. The molecule has 0 radical (unpaired) electrons. The lowest BCUT2D eigenvalue weighted by Gasteiger charge is -2.25. The number of aromatic nitrogens is 2. The third-order valence-corrected chi connectivity index (χ3v) is 5.59. The van der Waals surface area contributed by atoms with E-state index < -0.39 is 0 Å². The highest BCUT2D eigenvalue weighted by molar-refractivity contribution is 7.99. The first-order valence-electron chi connectivity index (χ1n) is 8.50. The van der Waals surface area contributed by atoms with Crippen LogP contribution >= 0.6 is 11.8 Å². The minimum absolute atomic E-state index is 0.869. The number of benzene rings is 1. The Balaban J connectivity index is 1.49. The van der Waals surface area contributed by atoms with Crippen molar-refractivity contribution in [3.05, 3.63) is 36.2 Å². The molecule has 1 aromatic carbocycles. The maximum absolute atomic E-state index is 4.38. The fourth-order valence-electron chi connectivity index (χ4n) is 3.31. The molecule has 2 aliphatic rings. The molecular weight excluding hydrogens is 304 g/mol. The molecule has 1 fully saturated rings. The molecule has 120 valence electrons. The number of nitrogens with one attached hydrogen (secondary N) is 1. The maximum Gasteiger partial charge on any atom is 0.163 e. The normalized spacial score (nSPS) is 18.3. The van der Waals surface area contributed by atoms with Crippen molar-refractivity contribution < 1.29 is 0 Å². The highest BCUT2D eigenvalue weighted by Gasteiger charge is 2.18. The van der Waals surface area contributed by atoms with Crippen LogP contribution in [0.4, 0.5) is 11.5 Å². The molecule has 4 rings (SSSR count). The van der Waals surface area contributed by atoms with Crippen LogP contribution in [0.5, 0.6) is 0 Å². The lowest BCUT2D eigenvalue weighted by Crippen LogP contribution is -2.26. The largest absolute Gasteiger partial charge is 0.337 e. The number of fused-ring (bicyclic) bond motifs is 2. The smallest absolute Gasteiger partial charge is 0.163 e. The highest BCUT2D eigenvalue weighted by Crippen LogP contribution is 2.42. The molecule has 1 saturated heterocycles. The van der Waals surface area contributed by atoms with Gasteiger partial charge in [0.2, 0.25) is 0 Å². The minimum Gasteiger partial charge on any atom is -0.337 e. The summed E-state index contributed by atoms with van der Waals surface area (Å²) in [5, 5.41) is 4.38. The summed E-state index contributed by atoms with van der Waals surface area (Å²) in [4.78, 5) is 12.6. The van der Waals surface area contributed by atoms with E-state index in [2.05, 4.69) is 38.4 Å². The zero-order chi connectivity index (χ0) is 15.5. The predicted octanol–water partition coefficient (Wildman–Crippen LogP) is 4.45. The standard InChI is InChI=1S/C18H22N4S/c1-2-4-10-22(11-5-3-1)13-14-6-7-16-15(12-14)21-17-18(23-16)20-9-8-19-17/h6-9,12H,1-5,10-11,13H2,(H,19,21). The SMILES string of the molecule is c1cnc2c(n1)Nc1cc(CN3CCCCCCC3)ccc1S2. The monoisotopic (exact) mass is 326 g/mol. The third-order valence-electron chi connectivity index (χ3n) is 4.52. The van der Waals surface area contributed by atoms with Crippen molar-refractivity contribution in [1.82, 2.24) is 14.9 Å². The predicted molar refractivity (Wildman–Crippen MR) is 94.2 cm³/mol. The van der Waals surface area contributed by atoms with Gasteiger partial charge in [-0.3, -0.25) is 4.90 Å². The van der Waals surface area contributed by atoms with Crippen LogP contribution in [0, 0.1) is 0 Å². The van der Waals surface area contributed by atoms with Crippen LogP contribution < -0.4 is 5.32 Å². The molecule has 4 nitrogen and oxygen atoms in total. The van der Waals surface area contributed by atoms with Gasteiger partial charge in [0.15, 0.2) is 5.82 Å². The van der Waals surface area contributed by atoms with Crippen LogP contribution in [-0.2, 0) is 6.54 Å². The summed E-state index contributed by atoms with van der Waals surface area (Å²) in [6, 6.07) is 6.75. The van der Waals surface area contributed by atoms with Crippen LogP contribution in [0.15, 0.2) is 40.5 Å². The van der Waals surface area contributed by atoms with Crippen molar-refractivity contribution in [3.63, 3.8) is 0 Å². The van der Waals surface area contributed by atoms with Crippen molar-refractivity contribution in [2.45, 2.75) is 48.6 Å². The molecule has 1 aromatic heterocycles. The number of likely N-dealkylation sites (tertiary alicyclic amines) is 1. The summed E-state index contributed by atoms with van der Waals surface area (Å²) < 4.78 is 0. The van der Waals surface area contributed by atoms with Gasteiger partial charge in [0.05, 0.1) is 5.69 Å². The molecule has 3 heterocycles. The van der Waals surface area contributed by atoms with E-state index in [1.54, 1.807) is 24.2 Å². The topological polar surface area (TPSA) is 41.1 Å². The Morgan fingerprint density at radius 1 is 1.00 bits per heavy atom. The van der Waals surface area contributed by atoms with Crippen LogP contribution in [0.2, 0.25) is 0 Å². The molecule has 0 atom stereocenters. The summed E-state index contributed by atoms with van der Waals surface area (Å²) >= 11 is 1.69. The maximum atomic E-state index is 4.38. The summed E-state index contributed by atoms with van der Waals surface area (Å²) in [6.07, 6.45) is 10.3. The van der Waals surface area contributed by atoms with Crippen molar-refractivity contribution in [1.29, 1.82) is 0 Å². The Kier molecular flexibility index (Phi) is 4.48. The molecule has 2 aliphatic heterocycles. The van der Waals surface area contributed by atoms with Crippen molar-refractivity contribution in [3.8, 4) is 0 Å². The quantitative estimate of drug-likeness (QED) is 0.753. The molecule has 0 saturated carbocycles. The molecular formula is C18H22N4S. The van der Waals surface area contributed by atoms with Gasteiger partial charge in [0, 0.05) is 23.8 Å². The molecule has 0 aliphatic carbocycles. The first kappa shape index (κ1) is 15.0. The first-order chi connectivity index (χ1) is 11.4. The van der Waals surface area contributed by atoms with Gasteiger partial charge in [0.1, 0.15) is 5.03 Å². The Labute approximate surface area is 141 Å². The first-order valence-corrected chi connectivity index (χ1v) is 9.31. The number of nitrogens with zero attached hydrogens (tertiary/aromatic N) is 3. The van der Waals surface area contributed by atoms with Crippen LogP contribution in [0.3, 0.4) is 0 Å². The lowest BCUT2D eigenvalue weighted by molar-refractivity contribution is 0.240. The van der Waals surface area contributed by atoms with E-state index in [0.29, 0.717) is 0 Å². The number of hydrogen-bond donors (Lipinski definition) is 1. The molecule has 0 unspecified atom stereocenters. The van der Waals surface area contributed by atoms with E-state index in [4.69, 9.17) is 0 Å². The van der Waals surface area contributed by atoms with Gasteiger partial charge in [-0.25, -0.2) is 9.97 Å². The summed E-state index contributed by atoms with van der Waals surface area (Å²) in [6.45, 7) is 3.51. The summed E-state index contributed by atoms with van der Waals surface area (Å²) in [5.41, 5.74) is 2.54. The number of hydrogen-bond acceptors (Lipinski definition) is 5. The zero-order valence-corrected chi connectivity index (χ0v) is 14.1. The molecule has 23 heavy (non-hydrogen) atoms. The molecule has 5 heteroatoms. The second kappa shape index (κ2) is 6.89. The average Bonchev–Trinajstić information content (AvgIpc) is 2.55. The number of anilines is 2. The lowest BCUT2D eigenvalue weighted by atomic mass is 10.1. The van der Waals surface area contributed by atoms with E-state index in [9.17, 15) is 0 Å². The van der Waals surface area contributed by atoms with Crippen LogP contribution in [-0.4, -0.2) is 28.0 Å².